The molecule has 0 bridgehead atoms. The Morgan fingerprint density at radius 3 is 2.27 bits per heavy atom. The van der Waals surface area contributed by atoms with E-state index in [4.69, 9.17) is 5.73 Å². The third-order valence-corrected chi connectivity index (χ3v) is 4.49. The third-order valence-electron chi connectivity index (χ3n) is 4.49. The van der Waals surface area contributed by atoms with Crippen LogP contribution >= 0.6 is 0 Å². The van der Waals surface area contributed by atoms with Crippen molar-refractivity contribution in [2.24, 2.45) is 11.7 Å². The number of hydrogen-bond donors (Lipinski definition) is 1. The Balaban J connectivity index is 0. The SMILES string of the molecule is C=C(C)c1ccccc1/C=C\C.C=CCC.CC.CC1=C(C)CC(CC=CN)C=C1. The maximum Gasteiger partial charge on any atom is -0.0103 e. The largest absolute Gasteiger partial charge is 0.405 e. The van der Waals surface area contributed by atoms with Crippen molar-refractivity contribution in [1.29, 1.82) is 0 Å². The molecule has 0 aromatic heterocycles. The molecule has 0 radical (unpaired) electrons. The lowest BCUT2D eigenvalue weighted by atomic mass is 9.89. The van der Waals surface area contributed by atoms with Gasteiger partial charge >= 0.3 is 0 Å². The van der Waals surface area contributed by atoms with Gasteiger partial charge in [0.05, 0.1) is 0 Å². The summed E-state index contributed by atoms with van der Waals surface area (Å²) in [5.74, 6) is 0.661. The Bertz CT molecular complexity index is 714. The molecule has 2 N–H and O–H groups in total. The van der Waals surface area contributed by atoms with Crippen LogP contribution in [0.15, 0.2) is 85.1 Å². The smallest absolute Gasteiger partial charge is 0.0103 e. The zero-order valence-electron chi connectivity index (χ0n) is 20.5. The van der Waals surface area contributed by atoms with Crippen molar-refractivity contribution in [2.75, 3.05) is 0 Å². The molecule has 0 aliphatic heterocycles. The second kappa shape index (κ2) is 19.8. The van der Waals surface area contributed by atoms with Gasteiger partial charge in [0.2, 0.25) is 0 Å². The minimum absolute atomic E-state index is 0.661. The van der Waals surface area contributed by atoms with Crippen molar-refractivity contribution in [1.82, 2.24) is 0 Å². The van der Waals surface area contributed by atoms with E-state index in [1.165, 1.54) is 28.7 Å². The lowest BCUT2D eigenvalue weighted by Crippen LogP contribution is -2.01. The van der Waals surface area contributed by atoms with Crippen molar-refractivity contribution in [3.63, 3.8) is 0 Å². The number of allylic oxidation sites excluding steroid dienone is 8. The van der Waals surface area contributed by atoms with Crippen molar-refractivity contribution in [3.8, 4) is 0 Å². The zero-order valence-corrected chi connectivity index (χ0v) is 20.5. The predicted molar refractivity (Wildman–Crippen MR) is 141 cm³/mol. The summed E-state index contributed by atoms with van der Waals surface area (Å²) in [6, 6.07) is 8.28. The molecule has 2 rings (SSSR count). The summed E-state index contributed by atoms with van der Waals surface area (Å²) >= 11 is 0. The van der Waals surface area contributed by atoms with Crippen molar-refractivity contribution in [3.05, 3.63) is 96.3 Å². The fourth-order valence-electron chi connectivity index (χ4n) is 2.67. The third kappa shape index (κ3) is 13.6. The van der Waals surface area contributed by atoms with Crippen LogP contribution in [0.1, 0.15) is 78.9 Å². The van der Waals surface area contributed by atoms with Gasteiger partial charge in [0.1, 0.15) is 0 Å². The summed E-state index contributed by atoms with van der Waals surface area (Å²) in [6.07, 6.45) is 17.5. The highest BCUT2D eigenvalue weighted by Crippen LogP contribution is 2.25. The summed E-state index contributed by atoms with van der Waals surface area (Å²) in [7, 11) is 0. The first-order valence-electron chi connectivity index (χ1n) is 11.1. The zero-order chi connectivity index (χ0) is 23.4. The molecule has 1 unspecified atom stereocenters. The highest BCUT2D eigenvalue weighted by Gasteiger charge is 2.09. The fourth-order valence-corrected chi connectivity index (χ4v) is 2.67. The molecule has 1 aromatic rings. The highest BCUT2D eigenvalue weighted by molar-refractivity contribution is 5.71. The number of benzene rings is 1. The molecule has 166 valence electrons. The van der Waals surface area contributed by atoms with E-state index in [9.17, 15) is 0 Å². The van der Waals surface area contributed by atoms with Gasteiger partial charge in [-0.2, -0.15) is 0 Å². The Kier molecular flexibility index (Phi) is 19.5. The second-order valence-electron chi connectivity index (χ2n) is 7.02. The van der Waals surface area contributed by atoms with Crippen LogP contribution in [-0.2, 0) is 0 Å². The molecule has 30 heavy (non-hydrogen) atoms. The highest BCUT2D eigenvalue weighted by atomic mass is 14.5. The van der Waals surface area contributed by atoms with Gasteiger partial charge in [0.15, 0.2) is 0 Å². The Labute approximate surface area is 187 Å². The second-order valence-corrected chi connectivity index (χ2v) is 7.02. The van der Waals surface area contributed by atoms with Crippen molar-refractivity contribution >= 4 is 11.6 Å². The standard InChI is InChI=1S/C12H14.C11H17N.C4H8.C2H6/c1-4-7-11-8-5-6-9-12(11)10(2)3;1-9-5-6-11(4-3-7-12)8-10(9)2;1-3-4-2;1-2/h4-9H,2H2,1,3H3;3,5-7,11H,4,8,12H2,1-2H3;3H,1,4H2,2H3;1-2H3/b7-4-;;;. The van der Waals surface area contributed by atoms with Crippen molar-refractivity contribution in [2.45, 2.75) is 67.7 Å². The molecule has 1 nitrogen and oxygen atoms in total. The summed E-state index contributed by atoms with van der Waals surface area (Å²) in [6.45, 7) is 21.9. The van der Waals surface area contributed by atoms with Crippen LogP contribution < -0.4 is 5.73 Å². The number of nitrogens with two attached hydrogens (primary N) is 1. The monoisotopic (exact) mass is 407 g/mol. The molecular formula is C29H45N. The summed E-state index contributed by atoms with van der Waals surface area (Å²) in [5.41, 5.74) is 11.8. The van der Waals surface area contributed by atoms with E-state index in [0.717, 1.165) is 18.4 Å². The normalized spacial score (nSPS) is 14.8. The number of rotatable bonds is 5. The minimum Gasteiger partial charge on any atom is -0.405 e. The van der Waals surface area contributed by atoms with Crippen LogP contribution in [0.2, 0.25) is 0 Å². The molecule has 0 fully saturated rings. The molecule has 0 amide bonds. The van der Waals surface area contributed by atoms with Gasteiger partial charge in [-0.1, -0.05) is 105 Å². The van der Waals surface area contributed by atoms with Crippen LogP contribution in [0, 0.1) is 5.92 Å². The first-order valence-corrected chi connectivity index (χ1v) is 11.1. The average molecular weight is 408 g/mol. The van der Waals surface area contributed by atoms with Crippen LogP contribution in [0.5, 0.6) is 0 Å². The van der Waals surface area contributed by atoms with Crippen LogP contribution in [0.3, 0.4) is 0 Å². The maximum atomic E-state index is 5.29. The van der Waals surface area contributed by atoms with Gasteiger partial charge in [-0.3, -0.25) is 0 Å². The summed E-state index contributed by atoms with van der Waals surface area (Å²) in [5, 5.41) is 0. The first kappa shape index (κ1) is 29.7. The van der Waals surface area contributed by atoms with Gasteiger partial charge in [-0.15, -0.1) is 6.58 Å². The summed E-state index contributed by atoms with van der Waals surface area (Å²) in [4.78, 5) is 0. The van der Waals surface area contributed by atoms with E-state index in [0.29, 0.717) is 5.92 Å². The first-order chi connectivity index (χ1) is 14.4. The van der Waals surface area contributed by atoms with Gasteiger partial charge < -0.3 is 5.73 Å². The fraction of sp³-hybridized carbons (Fsp3) is 0.379. The van der Waals surface area contributed by atoms with Crippen LogP contribution in [0.25, 0.3) is 11.6 Å². The molecule has 0 saturated heterocycles. The van der Waals surface area contributed by atoms with E-state index in [1.54, 1.807) is 6.20 Å². The van der Waals surface area contributed by atoms with Gasteiger partial charge in [-0.25, -0.2) is 0 Å². The minimum atomic E-state index is 0.661. The van der Waals surface area contributed by atoms with Gasteiger partial charge in [0, 0.05) is 0 Å². The molecule has 1 atom stereocenters. The molecule has 0 heterocycles. The van der Waals surface area contributed by atoms with E-state index in [2.05, 4.69) is 64.3 Å². The number of hydrogen-bond acceptors (Lipinski definition) is 1. The topological polar surface area (TPSA) is 26.0 Å². The molecule has 0 spiro atoms. The summed E-state index contributed by atoms with van der Waals surface area (Å²) < 4.78 is 0. The quantitative estimate of drug-likeness (QED) is 0.484. The Hall–Kier alpha value is -2.54. The molecule has 0 saturated carbocycles. The van der Waals surface area contributed by atoms with Crippen LogP contribution in [-0.4, -0.2) is 0 Å². The van der Waals surface area contributed by atoms with E-state index in [-0.39, 0.29) is 0 Å². The van der Waals surface area contributed by atoms with Gasteiger partial charge in [0.25, 0.3) is 0 Å². The lowest BCUT2D eigenvalue weighted by Gasteiger charge is -2.17. The van der Waals surface area contributed by atoms with E-state index >= 15 is 0 Å². The average Bonchev–Trinajstić information content (AvgIpc) is 2.77. The molecule has 1 aromatic carbocycles. The molecule has 1 aliphatic carbocycles. The van der Waals surface area contributed by atoms with Crippen LogP contribution in [0.4, 0.5) is 0 Å². The van der Waals surface area contributed by atoms with Crippen molar-refractivity contribution < 1.29 is 0 Å². The van der Waals surface area contributed by atoms with Gasteiger partial charge in [-0.05, 0) is 70.2 Å². The Morgan fingerprint density at radius 1 is 1.20 bits per heavy atom. The Morgan fingerprint density at radius 2 is 1.80 bits per heavy atom. The lowest BCUT2D eigenvalue weighted by molar-refractivity contribution is 0.640. The van der Waals surface area contributed by atoms with E-state index in [1.807, 2.05) is 58.1 Å². The molecule has 1 heteroatoms. The molecular weight excluding hydrogens is 362 g/mol. The predicted octanol–water partition coefficient (Wildman–Crippen LogP) is 9.12. The maximum absolute atomic E-state index is 5.29. The van der Waals surface area contributed by atoms with E-state index < -0.39 is 0 Å². The molecule has 1 aliphatic rings.